The number of imide groups is 1. The maximum absolute atomic E-state index is 12.0. The van der Waals surface area contributed by atoms with Gasteiger partial charge in [-0.25, -0.2) is 4.79 Å². The molecule has 0 aliphatic carbocycles. The number of nitrogens with zero attached hydrogens (tertiary/aromatic N) is 1. The molecule has 0 radical (unpaired) electrons. The van der Waals surface area contributed by atoms with E-state index in [1.807, 2.05) is 13.8 Å². The predicted octanol–water partition coefficient (Wildman–Crippen LogP) is 0.444. The molecule has 3 N–H and O–H groups in total. The van der Waals surface area contributed by atoms with E-state index in [4.69, 9.17) is 5.73 Å². The van der Waals surface area contributed by atoms with Crippen LogP contribution in [0, 0.1) is 0 Å². The zero-order valence-electron chi connectivity index (χ0n) is 9.76. The van der Waals surface area contributed by atoms with Crippen LogP contribution in [0.15, 0.2) is 0 Å². The highest BCUT2D eigenvalue weighted by molar-refractivity contribution is 6.07. The molecule has 3 amide bonds. The lowest BCUT2D eigenvalue weighted by Gasteiger charge is -2.35. The molecular formula is C10H19N3O2. The Morgan fingerprint density at radius 2 is 2.00 bits per heavy atom. The van der Waals surface area contributed by atoms with E-state index in [-0.39, 0.29) is 18.5 Å². The Balaban J connectivity index is 3.06. The summed E-state index contributed by atoms with van der Waals surface area (Å²) in [5, 5.41) is 2.65. The molecule has 1 rings (SSSR count). The lowest BCUT2D eigenvalue weighted by molar-refractivity contribution is -0.134. The molecule has 15 heavy (non-hydrogen) atoms. The molecule has 0 aromatic rings. The number of carbonyl (C=O) groups is 2. The number of nitrogens with one attached hydrogen (secondary N) is 1. The fourth-order valence-electron chi connectivity index (χ4n) is 1.63. The molecule has 0 aromatic carbocycles. The highest BCUT2D eigenvalue weighted by atomic mass is 16.2. The minimum Gasteiger partial charge on any atom is -0.328 e. The summed E-state index contributed by atoms with van der Waals surface area (Å²) in [5.41, 5.74) is 4.23. The van der Waals surface area contributed by atoms with Gasteiger partial charge in [0.25, 0.3) is 5.91 Å². The average molecular weight is 213 g/mol. The molecule has 1 unspecified atom stereocenters. The van der Waals surface area contributed by atoms with Crippen molar-refractivity contribution in [2.75, 3.05) is 6.54 Å². The fraction of sp³-hybridized carbons (Fsp3) is 0.800. The first-order chi connectivity index (χ1) is 6.78. The lowest BCUT2D eigenvalue weighted by Crippen LogP contribution is -2.55. The summed E-state index contributed by atoms with van der Waals surface area (Å²) in [4.78, 5) is 24.9. The molecule has 0 bridgehead atoms. The maximum atomic E-state index is 12.0. The Labute approximate surface area is 90.0 Å². The summed E-state index contributed by atoms with van der Waals surface area (Å²) in [5.74, 6) is -0.206. The van der Waals surface area contributed by atoms with E-state index in [2.05, 4.69) is 5.32 Å². The van der Waals surface area contributed by atoms with Crippen molar-refractivity contribution in [3.05, 3.63) is 0 Å². The van der Waals surface area contributed by atoms with Gasteiger partial charge in [-0.05, 0) is 27.2 Å². The summed E-state index contributed by atoms with van der Waals surface area (Å²) in [7, 11) is 0. The number of rotatable bonds is 3. The van der Waals surface area contributed by atoms with Gasteiger partial charge in [-0.3, -0.25) is 9.69 Å². The zero-order chi connectivity index (χ0) is 11.9. The molecule has 86 valence electrons. The molecule has 0 aromatic heterocycles. The third-order valence-corrected chi connectivity index (χ3v) is 3.10. The lowest BCUT2D eigenvalue weighted by atomic mass is 9.95. The van der Waals surface area contributed by atoms with E-state index in [1.54, 1.807) is 13.8 Å². The van der Waals surface area contributed by atoms with Crippen molar-refractivity contribution < 1.29 is 9.59 Å². The van der Waals surface area contributed by atoms with Crippen LogP contribution in [0.5, 0.6) is 0 Å². The molecule has 1 fully saturated rings. The second kappa shape index (κ2) is 3.48. The molecule has 1 saturated heterocycles. The number of hydrogen-bond donors (Lipinski definition) is 2. The highest BCUT2D eigenvalue weighted by Crippen LogP contribution is 2.27. The first-order valence-electron chi connectivity index (χ1n) is 5.15. The third kappa shape index (κ3) is 1.71. The Kier molecular flexibility index (Phi) is 2.78. The van der Waals surface area contributed by atoms with Gasteiger partial charge in [0.15, 0.2) is 0 Å². The van der Waals surface area contributed by atoms with Gasteiger partial charge in [-0.1, -0.05) is 6.92 Å². The smallest absolute Gasteiger partial charge is 0.325 e. The van der Waals surface area contributed by atoms with Gasteiger partial charge >= 0.3 is 6.03 Å². The minimum atomic E-state index is -0.817. The molecule has 0 spiro atoms. The van der Waals surface area contributed by atoms with Gasteiger partial charge < -0.3 is 11.1 Å². The first-order valence-corrected chi connectivity index (χ1v) is 5.15. The number of carbonyl (C=O) groups excluding carboxylic acids is 2. The van der Waals surface area contributed by atoms with Crippen LogP contribution in [0.25, 0.3) is 0 Å². The van der Waals surface area contributed by atoms with Crippen LogP contribution < -0.4 is 11.1 Å². The van der Waals surface area contributed by atoms with Crippen molar-refractivity contribution in [3.63, 3.8) is 0 Å². The van der Waals surface area contributed by atoms with Crippen LogP contribution in [-0.2, 0) is 4.79 Å². The minimum absolute atomic E-state index is 0.206. The number of urea groups is 1. The van der Waals surface area contributed by atoms with Crippen molar-refractivity contribution in [2.45, 2.75) is 45.2 Å². The SMILES string of the molecule is CCC(C)(CN)N1C(=O)NC(C)(C)C1=O. The van der Waals surface area contributed by atoms with Crippen LogP contribution in [0.2, 0.25) is 0 Å². The van der Waals surface area contributed by atoms with Gasteiger partial charge in [0.1, 0.15) is 5.54 Å². The van der Waals surface area contributed by atoms with Crippen molar-refractivity contribution in [1.29, 1.82) is 0 Å². The van der Waals surface area contributed by atoms with E-state index >= 15 is 0 Å². The van der Waals surface area contributed by atoms with Gasteiger partial charge in [0, 0.05) is 6.54 Å². The van der Waals surface area contributed by atoms with Crippen molar-refractivity contribution >= 4 is 11.9 Å². The summed E-state index contributed by atoms with van der Waals surface area (Å²) < 4.78 is 0. The molecule has 1 aliphatic rings. The molecule has 1 heterocycles. The number of amides is 3. The van der Waals surface area contributed by atoms with Gasteiger partial charge in [0.05, 0.1) is 5.54 Å². The Bertz CT molecular complexity index is 295. The monoisotopic (exact) mass is 213 g/mol. The topological polar surface area (TPSA) is 75.4 Å². The fourth-order valence-corrected chi connectivity index (χ4v) is 1.63. The normalized spacial score (nSPS) is 23.9. The van der Waals surface area contributed by atoms with Crippen LogP contribution in [0.1, 0.15) is 34.1 Å². The van der Waals surface area contributed by atoms with E-state index in [0.717, 1.165) is 0 Å². The Hall–Kier alpha value is -1.10. The molecule has 1 aliphatic heterocycles. The third-order valence-electron chi connectivity index (χ3n) is 3.10. The van der Waals surface area contributed by atoms with Crippen LogP contribution in [-0.4, -0.2) is 34.5 Å². The molecule has 0 saturated carbocycles. The summed E-state index contributed by atoms with van der Waals surface area (Å²) in [6.07, 6.45) is 0.652. The number of hydrogen-bond acceptors (Lipinski definition) is 3. The molecule has 1 atom stereocenters. The van der Waals surface area contributed by atoms with E-state index in [9.17, 15) is 9.59 Å². The summed E-state index contributed by atoms with van der Waals surface area (Å²) in [6.45, 7) is 7.41. The van der Waals surface area contributed by atoms with E-state index in [0.29, 0.717) is 6.42 Å². The van der Waals surface area contributed by atoms with Crippen LogP contribution in [0.4, 0.5) is 4.79 Å². The Morgan fingerprint density at radius 3 is 2.27 bits per heavy atom. The summed E-state index contributed by atoms with van der Waals surface area (Å²) in [6, 6.07) is -0.347. The van der Waals surface area contributed by atoms with Crippen LogP contribution in [0.3, 0.4) is 0 Å². The first kappa shape index (κ1) is 12.0. The van der Waals surface area contributed by atoms with Crippen LogP contribution >= 0.6 is 0 Å². The highest BCUT2D eigenvalue weighted by Gasteiger charge is 2.50. The van der Waals surface area contributed by atoms with E-state index < -0.39 is 11.1 Å². The van der Waals surface area contributed by atoms with Gasteiger partial charge in [-0.15, -0.1) is 0 Å². The van der Waals surface area contributed by atoms with Gasteiger partial charge in [-0.2, -0.15) is 0 Å². The zero-order valence-corrected chi connectivity index (χ0v) is 9.76. The summed E-state index contributed by atoms with van der Waals surface area (Å²) >= 11 is 0. The van der Waals surface area contributed by atoms with Crippen molar-refractivity contribution in [3.8, 4) is 0 Å². The second-order valence-corrected chi connectivity index (χ2v) is 4.75. The average Bonchev–Trinajstić information content (AvgIpc) is 2.36. The number of nitrogens with two attached hydrogens (primary N) is 1. The van der Waals surface area contributed by atoms with E-state index in [1.165, 1.54) is 4.90 Å². The quantitative estimate of drug-likeness (QED) is 0.668. The predicted molar refractivity (Wildman–Crippen MR) is 57.2 cm³/mol. The Morgan fingerprint density at radius 1 is 1.47 bits per heavy atom. The second-order valence-electron chi connectivity index (χ2n) is 4.75. The molecule has 5 nitrogen and oxygen atoms in total. The largest absolute Gasteiger partial charge is 0.328 e. The maximum Gasteiger partial charge on any atom is 0.325 e. The molecular weight excluding hydrogens is 194 g/mol. The van der Waals surface area contributed by atoms with Crippen molar-refractivity contribution in [1.82, 2.24) is 10.2 Å². The molecule has 5 heteroatoms. The van der Waals surface area contributed by atoms with Crippen molar-refractivity contribution in [2.24, 2.45) is 5.73 Å². The van der Waals surface area contributed by atoms with Gasteiger partial charge in [0.2, 0.25) is 0 Å². The standard InChI is InChI=1S/C10H19N3O2/c1-5-10(4,6-11)13-7(14)9(2,3)12-8(13)15/h5-6,11H2,1-4H3,(H,12,15).